The molecule has 0 aliphatic heterocycles. The lowest BCUT2D eigenvalue weighted by atomic mass is 10.2. The largest absolute Gasteiger partial charge is 0.433 e. The molecule has 0 spiro atoms. The molecule has 0 bridgehead atoms. The van der Waals surface area contributed by atoms with Crippen molar-refractivity contribution in [3.63, 3.8) is 0 Å². The first kappa shape index (κ1) is 15.0. The highest BCUT2D eigenvalue weighted by molar-refractivity contribution is 5.61. The first-order chi connectivity index (χ1) is 9.79. The van der Waals surface area contributed by atoms with Crippen molar-refractivity contribution in [2.75, 3.05) is 10.7 Å². The van der Waals surface area contributed by atoms with Gasteiger partial charge in [0.25, 0.3) is 0 Å². The van der Waals surface area contributed by atoms with E-state index in [1.54, 1.807) is 6.92 Å². The van der Waals surface area contributed by atoms with E-state index in [-0.39, 0.29) is 5.82 Å². The van der Waals surface area contributed by atoms with Crippen LogP contribution in [0.15, 0.2) is 24.3 Å². The molecule has 0 unspecified atom stereocenters. The van der Waals surface area contributed by atoms with E-state index in [1.807, 2.05) is 5.43 Å². The van der Waals surface area contributed by atoms with Crippen LogP contribution in [0.3, 0.4) is 0 Å². The first-order valence-electron chi connectivity index (χ1n) is 5.75. The third-order valence-electron chi connectivity index (χ3n) is 2.61. The zero-order valence-electron chi connectivity index (χ0n) is 10.8. The van der Waals surface area contributed by atoms with E-state index in [2.05, 4.69) is 15.3 Å². The minimum Gasteiger partial charge on any atom is -0.340 e. The molecular weight excluding hydrogens is 290 g/mol. The van der Waals surface area contributed by atoms with Crippen molar-refractivity contribution < 1.29 is 17.6 Å². The van der Waals surface area contributed by atoms with Gasteiger partial charge in [-0.2, -0.15) is 18.2 Å². The summed E-state index contributed by atoms with van der Waals surface area (Å²) in [5.41, 5.74) is 1.73. The number of alkyl halides is 3. The number of hydrazine groups is 1. The summed E-state index contributed by atoms with van der Waals surface area (Å²) >= 11 is 0. The number of aryl methyl sites for hydroxylation is 1. The standard InChI is InChI=1S/C12H11F4N5/c1-6-2-3-7(13)4-8(6)18-10-5-9(12(14,15)16)19-11(20-10)21-17/h2-5H,17H2,1H3,(H2,18,19,20,21). The smallest absolute Gasteiger partial charge is 0.340 e. The SMILES string of the molecule is Cc1ccc(F)cc1Nc1cc(C(F)(F)F)nc(NN)n1. The number of nitrogens with zero attached hydrogens (tertiary/aromatic N) is 2. The van der Waals surface area contributed by atoms with Gasteiger partial charge >= 0.3 is 6.18 Å². The number of nitrogens with two attached hydrogens (primary N) is 1. The fourth-order valence-corrected chi connectivity index (χ4v) is 1.59. The number of anilines is 3. The van der Waals surface area contributed by atoms with Crippen LogP contribution < -0.4 is 16.6 Å². The molecule has 0 saturated carbocycles. The zero-order valence-corrected chi connectivity index (χ0v) is 10.8. The summed E-state index contributed by atoms with van der Waals surface area (Å²) in [7, 11) is 0. The van der Waals surface area contributed by atoms with E-state index in [9.17, 15) is 17.6 Å². The summed E-state index contributed by atoms with van der Waals surface area (Å²) in [6, 6.07) is 4.60. The van der Waals surface area contributed by atoms with Gasteiger partial charge in [0, 0.05) is 11.8 Å². The maximum atomic E-state index is 13.2. The Morgan fingerprint density at radius 1 is 1.14 bits per heavy atom. The van der Waals surface area contributed by atoms with Gasteiger partial charge in [0.2, 0.25) is 5.95 Å². The number of halogens is 4. The first-order valence-corrected chi connectivity index (χ1v) is 5.75. The monoisotopic (exact) mass is 301 g/mol. The molecule has 1 heterocycles. The molecule has 112 valence electrons. The minimum absolute atomic E-state index is 0.154. The lowest BCUT2D eigenvalue weighted by Crippen LogP contribution is -2.16. The highest BCUT2D eigenvalue weighted by Gasteiger charge is 2.33. The van der Waals surface area contributed by atoms with Gasteiger partial charge in [0.15, 0.2) is 5.69 Å². The van der Waals surface area contributed by atoms with Crippen molar-refractivity contribution in [1.29, 1.82) is 0 Å². The average molecular weight is 301 g/mol. The second-order valence-corrected chi connectivity index (χ2v) is 4.19. The highest BCUT2D eigenvalue weighted by Crippen LogP contribution is 2.30. The van der Waals surface area contributed by atoms with E-state index < -0.39 is 23.6 Å². The summed E-state index contributed by atoms with van der Waals surface area (Å²) in [5, 5.41) is 2.61. The van der Waals surface area contributed by atoms with Crippen LogP contribution in [0.25, 0.3) is 0 Å². The van der Waals surface area contributed by atoms with E-state index in [4.69, 9.17) is 5.84 Å². The Morgan fingerprint density at radius 3 is 2.48 bits per heavy atom. The number of nitrogen functional groups attached to an aromatic ring is 1. The molecule has 21 heavy (non-hydrogen) atoms. The number of hydrogen-bond donors (Lipinski definition) is 3. The van der Waals surface area contributed by atoms with Crippen LogP contribution in [0.4, 0.5) is 35.0 Å². The van der Waals surface area contributed by atoms with Crippen LogP contribution in [0.5, 0.6) is 0 Å². The minimum atomic E-state index is -4.65. The van der Waals surface area contributed by atoms with Crippen LogP contribution in [-0.2, 0) is 6.18 Å². The molecule has 9 heteroatoms. The fraction of sp³-hybridized carbons (Fsp3) is 0.167. The second kappa shape index (κ2) is 5.52. The second-order valence-electron chi connectivity index (χ2n) is 4.19. The molecule has 0 saturated heterocycles. The number of aromatic nitrogens is 2. The van der Waals surface area contributed by atoms with Crippen molar-refractivity contribution >= 4 is 17.5 Å². The Hall–Kier alpha value is -2.42. The van der Waals surface area contributed by atoms with Gasteiger partial charge < -0.3 is 5.32 Å². The third kappa shape index (κ3) is 3.57. The Labute approximate surface area is 117 Å². The Morgan fingerprint density at radius 2 is 1.86 bits per heavy atom. The van der Waals surface area contributed by atoms with Crippen molar-refractivity contribution in [3.05, 3.63) is 41.3 Å². The molecule has 0 amide bonds. The molecular formula is C12H11F4N5. The lowest BCUT2D eigenvalue weighted by Gasteiger charge is -2.12. The predicted molar refractivity (Wildman–Crippen MR) is 69.3 cm³/mol. The summed E-state index contributed by atoms with van der Waals surface area (Å²) in [6.45, 7) is 1.68. The maximum absolute atomic E-state index is 13.2. The molecule has 0 atom stereocenters. The molecule has 0 aliphatic rings. The Balaban J connectivity index is 2.42. The molecule has 4 N–H and O–H groups in total. The Kier molecular flexibility index (Phi) is 3.94. The van der Waals surface area contributed by atoms with E-state index in [0.717, 1.165) is 6.07 Å². The average Bonchev–Trinajstić information content (AvgIpc) is 2.41. The predicted octanol–water partition coefficient (Wildman–Crippen LogP) is 2.97. The number of hydrogen-bond acceptors (Lipinski definition) is 5. The molecule has 1 aromatic carbocycles. The van der Waals surface area contributed by atoms with Crippen molar-refractivity contribution in [1.82, 2.24) is 9.97 Å². The van der Waals surface area contributed by atoms with Gasteiger partial charge in [-0.3, -0.25) is 5.43 Å². The summed E-state index contributed by atoms with van der Waals surface area (Å²) in [5.74, 6) is 3.97. The maximum Gasteiger partial charge on any atom is 0.433 e. The molecule has 0 radical (unpaired) electrons. The van der Waals surface area contributed by atoms with Crippen LogP contribution in [0, 0.1) is 12.7 Å². The number of benzene rings is 1. The van der Waals surface area contributed by atoms with Crippen LogP contribution in [0.2, 0.25) is 0 Å². The van der Waals surface area contributed by atoms with E-state index in [1.165, 1.54) is 12.1 Å². The van der Waals surface area contributed by atoms with Gasteiger partial charge in [-0.1, -0.05) is 6.07 Å². The van der Waals surface area contributed by atoms with Gasteiger partial charge in [0.1, 0.15) is 11.6 Å². The Bertz CT molecular complexity index is 657. The zero-order chi connectivity index (χ0) is 15.6. The fourth-order valence-electron chi connectivity index (χ4n) is 1.59. The molecule has 5 nitrogen and oxygen atoms in total. The van der Waals surface area contributed by atoms with Gasteiger partial charge in [0.05, 0.1) is 0 Å². The van der Waals surface area contributed by atoms with Crippen molar-refractivity contribution in [3.8, 4) is 0 Å². The highest BCUT2D eigenvalue weighted by atomic mass is 19.4. The summed E-state index contributed by atoms with van der Waals surface area (Å²) in [4.78, 5) is 6.97. The summed E-state index contributed by atoms with van der Waals surface area (Å²) in [6.07, 6.45) is -4.65. The van der Waals surface area contributed by atoms with Gasteiger partial charge in [-0.05, 0) is 24.6 Å². The van der Waals surface area contributed by atoms with Gasteiger partial charge in [-0.25, -0.2) is 15.2 Å². The lowest BCUT2D eigenvalue weighted by molar-refractivity contribution is -0.141. The summed E-state index contributed by atoms with van der Waals surface area (Å²) < 4.78 is 51.3. The van der Waals surface area contributed by atoms with E-state index >= 15 is 0 Å². The normalized spacial score (nSPS) is 11.3. The molecule has 1 aromatic heterocycles. The number of rotatable bonds is 3. The molecule has 2 rings (SSSR count). The van der Waals surface area contributed by atoms with Crippen LogP contribution in [0.1, 0.15) is 11.3 Å². The van der Waals surface area contributed by atoms with Gasteiger partial charge in [-0.15, -0.1) is 0 Å². The third-order valence-corrected chi connectivity index (χ3v) is 2.61. The van der Waals surface area contributed by atoms with E-state index in [0.29, 0.717) is 17.3 Å². The van der Waals surface area contributed by atoms with Crippen molar-refractivity contribution in [2.45, 2.75) is 13.1 Å². The molecule has 0 fully saturated rings. The molecule has 2 aromatic rings. The quantitative estimate of drug-likeness (QED) is 0.461. The van der Waals surface area contributed by atoms with Crippen LogP contribution in [-0.4, -0.2) is 9.97 Å². The number of nitrogens with one attached hydrogen (secondary N) is 2. The topological polar surface area (TPSA) is 75.9 Å². The van der Waals surface area contributed by atoms with Crippen LogP contribution >= 0.6 is 0 Å². The molecule has 0 aliphatic carbocycles. The van der Waals surface area contributed by atoms with Crippen molar-refractivity contribution in [2.24, 2.45) is 5.84 Å².